The highest BCUT2D eigenvalue weighted by Gasteiger charge is 2.30. The van der Waals surface area contributed by atoms with Crippen molar-refractivity contribution in [2.24, 2.45) is 17.8 Å². The van der Waals surface area contributed by atoms with Gasteiger partial charge in [0.1, 0.15) is 19.3 Å². The fraction of sp³-hybridized carbons (Fsp3) is 0.948. The Morgan fingerprint density at radius 2 is 0.479 bits per heavy atom. The predicted octanol–water partition coefficient (Wildman–Crippen LogP) is 22.6. The Morgan fingerprint density at radius 1 is 0.281 bits per heavy atom. The average molecular weight is 1410 g/mol. The molecule has 3 N–H and O–H groups in total. The number of hydrogen-bond acceptors (Lipinski definition) is 15. The van der Waals surface area contributed by atoms with Gasteiger partial charge in [-0.2, -0.15) is 0 Å². The van der Waals surface area contributed by atoms with Gasteiger partial charge in [-0.05, 0) is 43.4 Å². The van der Waals surface area contributed by atoms with Crippen LogP contribution in [0.15, 0.2) is 0 Å². The summed E-state index contributed by atoms with van der Waals surface area (Å²) < 4.78 is 68.5. The summed E-state index contributed by atoms with van der Waals surface area (Å²) in [5.41, 5.74) is 0. The van der Waals surface area contributed by atoms with Gasteiger partial charge in [-0.1, -0.05) is 344 Å². The van der Waals surface area contributed by atoms with Gasteiger partial charge in [-0.25, -0.2) is 9.13 Å². The SMILES string of the molecule is CCCCCCCCCCCCCCCCCCC(=O)OC[C@H](COP(=O)(O)OC[C@@H](O)COP(=O)(O)OC[C@@H](COC(=O)CCCCCCCCC(C)C)OC(=O)CCCCCCCCCCCCCC(C)C)OC(=O)CCCCCCCCCCCCCCCCC(C)C. The first-order valence-electron chi connectivity index (χ1n) is 39.8. The highest BCUT2D eigenvalue weighted by atomic mass is 31.2. The minimum Gasteiger partial charge on any atom is -0.462 e. The van der Waals surface area contributed by atoms with Gasteiger partial charge in [0, 0.05) is 25.7 Å². The number of ether oxygens (including phenoxy) is 4. The van der Waals surface area contributed by atoms with E-state index in [1.165, 1.54) is 199 Å². The van der Waals surface area contributed by atoms with Gasteiger partial charge >= 0.3 is 39.5 Å². The van der Waals surface area contributed by atoms with Crippen LogP contribution in [-0.4, -0.2) is 96.7 Å². The van der Waals surface area contributed by atoms with Crippen LogP contribution in [0.3, 0.4) is 0 Å². The molecule has 0 aliphatic rings. The molecule has 570 valence electrons. The molecule has 5 atom stereocenters. The number of esters is 4. The summed E-state index contributed by atoms with van der Waals surface area (Å²) in [5, 5.41) is 10.6. The Bertz CT molecular complexity index is 1870. The molecule has 0 spiro atoms. The van der Waals surface area contributed by atoms with Crippen molar-refractivity contribution in [3.63, 3.8) is 0 Å². The van der Waals surface area contributed by atoms with Gasteiger partial charge in [-0.15, -0.1) is 0 Å². The van der Waals surface area contributed by atoms with Crippen molar-refractivity contribution in [2.45, 2.75) is 414 Å². The van der Waals surface area contributed by atoms with Crippen LogP contribution in [0.2, 0.25) is 0 Å². The molecular formula is C77H150O17P2. The summed E-state index contributed by atoms with van der Waals surface area (Å²) in [7, 11) is -9.91. The first-order chi connectivity index (χ1) is 46.2. The number of rotatable bonds is 75. The maximum Gasteiger partial charge on any atom is 0.472 e. The van der Waals surface area contributed by atoms with Gasteiger partial charge in [0.25, 0.3) is 0 Å². The molecule has 96 heavy (non-hydrogen) atoms. The Labute approximate surface area is 588 Å². The highest BCUT2D eigenvalue weighted by Crippen LogP contribution is 2.45. The summed E-state index contributed by atoms with van der Waals surface area (Å²) in [6, 6.07) is 0. The van der Waals surface area contributed by atoms with E-state index in [0.717, 1.165) is 108 Å². The van der Waals surface area contributed by atoms with Crippen LogP contribution in [-0.2, 0) is 65.4 Å². The molecule has 0 aromatic carbocycles. The first-order valence-corrected chi connectivity index (χ1v) is 42.8. The summed E-state index contributed by atoms with van der Waals surface area (Å²) >= 11 is 0. The third kappa shape index (κ3) is 70.5. The Balaban J connectivity index is 5.24. The number of carbonyl (C=O) groups excluding carboxylic acids is 4. The molecule has 0 saturated carbocycles. The van der Waals surface area contributed by atoms with E-state index >= 15 is 0 Å². The number of hydrogen-bond donors (Lipinski definition) is 3. The number of phosphoric ester groups is 2. The van der Waals surface area contributed by atoms with Crippen molar-refractivity contribution in [3.05, 3.63) is 0 Å². The second kappa shape index (κ2) is 67.5. The van der Waals surface area contributed by atoms with Crippen molar-refractivity contribution in [1.82, 2.24) is 0 Å². The summed E-state index contributed by atoms with van der Waals surface area (Å²) in [6.45, 7) is 11.9. The Kier molecular flexibility index (Phi) is 66.2. The largest absolute Gasteiger partial charge is 0.472 e. The zero-order valence-electron chi connectivity index (χ0n) is 62.8. The fourth-order valence-corrected chi connectivity index (χ4v) is 13.4. The third-order valence-corrected chi connectivity index (χ3v) is 19.8. The average Bonchev–Trinajstić information content (AvgIpc) is 1.18. The molecule has 0 heterocycles. The Morgan fingerprint density at radius 3 is 0.708 bits per heavy atom. The standard InChI is InChI=1S/C77H150O17P2/c1-8-9-10-11-12-13-14-15-16-17-21-26-31-36-44-51-58-74(79)87-64-72(93-76(81)60-53-46-37-32-27-22-19-18-20-24-29-34-41-48-55-68(2)3)66-91-95(83,84)89-62-71(78)63-90-96(85,86)92-67-73(65-88-75(80)59-52-45-40-39-43-50-57-70(6)7)94-77(82)61-54-47-38-33-28-23-25-30-35-42-49-56-69(4)5/h68-73,78H,8-67H2,1-7H3,(H,83,84)(H,85,86)/t71-,72-,73-/m1/s1. The quantitative estimate of drug-likeness (QED) is 0.0222. The summed E-state index contributed by atoms with van der Waals surface area (Å²) in [4.78, 5) is 72.8. The lowest BCUT2D eigenvalue weighted by molar-refractivity contribution is -0.161. The summed E-state index contributed by atoms with van der Waals surface area (Å²) in [5.74, 6) is 0.122. The van der Waals surface area contributed by atoms with Crippen LogP contribution < -0.4 is 0 Å². The van der Waals surface area contributed by atoms with Gasteiger partial charge in [0.15, 0.2) is 12.2 Å². The molecule has 0 saturated heterocycles. The van der Waals surface area contributed by atoms with Crippen molar-refractivity contribution < 1.29 is 80.2 Å². The summed E-state index contributed by atoms with van der Waals surface area (Å²) in [6.07, 6.45) is 54.2. The molecule has 0 aliphatic heterocycles. The number of carbonyl (C=O) groups is 4. The van der Waals surface area contributed by atoms with Gasteiger partial charge < -0.3 is 33.8 Å². The maximum atomic E-state index is 13.1. The van der Waals surface area contributed by atoms with Crippen molar-refractivity contribution in [1.29, 1.82) is 0 Å². The second-order valence-corrected chi connectivity index (χ2v) is 32.1. The molecule has 0 aliphatic carbocycles. The van der Waals surface area contributed by atoms with Crippen LogP contribution in [0.1, 0.15) is 395 Å². The van der Waals surface area contributed by atoms with Crippen LogP contribution in [0.5, 0.6) is 0 Å². The lowest BCUT2D eigenvalue weighted by Gasteiger charge is -2.21. The molecule has 0 aromatic rings. The van der Waals surface area contributed by atoms with E-state index in [2.05, 4.69) is 48.5 Å². The first kappa shape index (κ1) is 94.1. The van der Waals surface area contributed by atoms with Gasteiger partial charge in [0.2, 0.25) is 0 Å². The second-order valence-electron chi connectivity index (χ2n) is 29.2. The normalized spacial score (nSPS) is 14.1. The maximum absolute atomic E-state index is 13.1. The number of aliphatic hydroxyl groups is 1. The molecule has 19 heteroatoms. The molecule has 2 unspecified atom stereocenters. The van der Waals surface area contributed by atoms with Crippen LogP contribution in [0.25, 0.3) is 0 Å². The smallest absolute Gasteiger partial charge is 0.462 e. The fourth-order valence-electron chi connectivity index (χ4n) is 11.8. The van der Waals surface area contributed by atoms with Crippen LogP contribution in [0.4, 0.5) is 0 Å². The van der Waals surface area contributed by atoms with Crippen molar-refractivity contribution >= 4 is 39.5 Å². The number of unbranched alkanes of at least 4 members (excludes halogenated alkanes) is 43. The van der Waals surface area contributed by atoms with Crippen LogP contribution >= 0.6 is 15.6 Å². The molecule has 0 amide bonds. The molecular weight excluding hydrogens is 1260 g/mol. The van der Waals surface area contributed by atoms with E-state index in [1.807, 2.05) is 0 Å². The van der Waals surface area contributed by atoms with E-state index < -0.39 is 97.5 Å². The predicted molar refractivity (Wildman–Crippen MR) is 391 cm³/mol. The molecule has 17 nitrogen and oxygen atoms in total. The number of phosphoric acid groups is 2. The molecule has 0 fully saturated rings. The van der Waals surface area contributed by atoms with E-state index in [-0.39, 0.29) is 25.7 Å². The van der Waals surface area contributed by atoms with Gasteiger partial charge in [0.05, 0.1) is 26.4 Å². The van der Waals surface area contributed by atoms with E-state index in [9.17, 15) is 43.2 Å². The Hall–Kier alpha value is -1.94. The van der Waals surface area contributed by atoms with Crippen LogP contribution in [0, 0.1) is 17.8 Å². The minimum absolute atomic E-state index is 0.105. The minimum atomic E-state index is -4.96. The van der Waals surface area contributed by atoms with Gasteiger partial charge in [-0.3, -0.25) is 37.3 Å². The lowest BCUT2D eigenvalue weighted by atomic mass is 10.0. The van der Waals surface area contributed by atoms with Crippen molar-refractivity contribution in [3.8, 4) is 0 Å². The van der Waals surface area contributed by atoms with Crippen molar-refractivity contribution in [2.75, 3.05) is 39.6 Å². The molecule has 0 bridgehead atoms. The van der Waals surface area contributed by atoms with E-state index in [0.29, 0.717) is 31.6 Å². The molecule has 0 aromatic heterocycles. The molecule has 0 rings (SSSR count). The lowest BCUT2D eigenvalue weighted by Crippen LogP contribution is -2.30. The third-order valence-electron chi connectivity index (χ3n) is 17.9. The zero-order chi connectivity index (χ0) is 70.9. The number of aliphatic hydroxyl groups excluding tert-OH is 1. The van der Waals surface area contributed by atoms with E-state index in [1.54, 1.807) is 0 Å². The topological polar surface area (TPSA) is 237 Å². The van der Waals surface area contributed by atoms with E-state index in [4.69, 9.17) is 37.0 Å². The monoisotopic (exact) mass is 1410 g/mol. The zero-order valence-corrected chi connectivity index (χ0v) is 64.6. The highest BCUT2D eigenvalue weighted by molar-refractivity contribution is 7.47. The molecule has 0 radical (unpaired) electrons.